The standard InChI is InChI=1S/C10H14O4/c1-4-10-7(14-10)5(11)6-8(10)13-9(2,3)12-6/h6-8H,4H2,1-3H3/t6-,7?,8-,10?/m0/s1. The van der Waals surface area contributed by atoms with Crippen LogP contribution in [0.5, 0.6) is 0 Å². The maximum atomic E-state index is 11.8. The molecule has 1 saturated carbocycles. The lowest BCUT2D eigenvalue weighted by Gasteiger charge is -2.19. The molecule has 78 valence electrons. The molecule has 2 saturated heterocycles. The van der Waals surface area contributed by atoms with Gasteiger partial charge in [0.1, 0.15) is 11.7 Å². The minimum Gasteiger partial charge on any atom is -0.355 e. The Hall–Kier alpha value is -0.450. The van der Waals surface area contributed by atoms with Gasteiger partial charge < -0.3 is 14.2 Å². The molecule has 0 amide bonds. The highest BCUT2D eigenvalue weighted by Crippen LogP contribution is 2.56. The van der Waals surface area contributed by atoms with Gasteiger partial charge >= 0.3 is 0 Å². The first-order valence-corrected chi connectivity index (χ1v) is 5.07. The summed E-state index contributed by atoms with van der Waals surface area (Å²) in [6.45, 7) is 5.68. The van der Waals surface area contributed by atoms with Gasteiger partial charge in [0.05, 0.1) is 0 Å². The zero-order chi connectivity index (χ0) is 10.1. The molecule has 4 nitrogen and oxygen atoms in total. The number of Topliss-reactive ketones (excluding diaryl/α,β-unsaturated/α-hetero) is 1. The smallest absolute Gasteiger partial charge is 0.196 e. The fourth-order valence-electron chi connectivity index (χ4n) is 2.65. The molecular weight excluding hydrogens is 184 g/mol. The van der Waals surface area contributed by atoms with Gasteiger partial charge in [-0.25, -0.2) is 0 Å². The van der Waals surface area contributed by atoms with Crippen molar-refractivity contribution in [3.63, 3.8) is 0 Å². The lowest BCUT2D eigenvalue weighted by atomic mass is 10.0. The van der Waals surface area contributed by atoms with Gasteiger partial charge in [-0.2, -0.15) is 0 Å². The molecule has 4 atom stereocenters. The van der Waals surface area contributed by atoms with Crippen molar-refractivity contribution in [2.45, 2.75) is 56.9 Å². The summed E-state index contributed by atoms with van der Waals surface area (Å²) in [5.41, 5.74) is -0.366. The lowest BCUT2D eigenvalue weighted by Crippen LogP contribution is -2.34. The molecule has 0 aromatic rings. The van der Waals surface area contributed by atoms with Crippen molar-refractivity contribution in [2.75, 3.05) is 0 Å². The van der Waals surface area contributed by atoms with Crippen LogP contribution in [0, 0.1) is 0 Å². The molecule has 1 aliphatic carbocycles. The number of ketones is 1. The van der Waals surface area contributed by atoms with E-state index >= 15 is 0 Å². The number of rotatable bonds is 1. The van der Waals surface area contributed by atoms with Gasteiger partial charge in [0.25, 0.3) is 0 Å². The molecule has 3 fully saturated rings. The van der Waals surface area contributed by atoms with E-state index in [1.54, 1.807) is 0 Å². The Morgan fingerprint density at radius 3 is 2.64 bits per heavy atom. The third-order valence-corrected chi connectivity index (χ3v) is 3.39. The molecule has 14 heavy (non-hydrogen) atoms. The van der Waals surface area contributed by atoms with Gasteiger partial charge in [0.2, 0.25) is 0 Å². The highest BCUT2D eigenvalue weighted by Gasteiger charge is 2.77. The Bertz CT molecular complexity index is 311. The second-order valence-corrected chi connectivity index (χ2v) is 4.69. The van der Waals surface area contributed by atoms with Crippen LogP contribution in [0.3, 0.4) is 0 Å². The number of fused-ring (bicyclic) bond motifs is 3. The molecule has 0 aromatic carbocycles. The molecule has 3 aliphatic rings. The Morgan fingerprint density at radius 2 is 2.00 bits per heavy atom. The number of epoxide rings is 1. The van der Waals surface area contributed by atoms with Crippen LogP contribution < -0.4 is 0 Å². The van der Waals surface area contributed by atoms with Gasteiger partial charge in [-0.1, -0.05) is 6.92 Å². The Kier molecular flexibility index (Phi) is 1.39. The number of carbonyl (C=O) groups excluding carboxylic acids is 1. The third kappa shape index (κ3) is 0.822. The molecule has 0 spiro atoms. The molecule has 4 heteroatoms. The minimum absolute atomic E-state index is 0.0578. The molecule has 0 bridgehead atoms. The summed E-state index contributed by atoms with van der Waals surface area (Å²) in [5, 5.41) is 0. The fourth-order valence-corrected chi connectivity index (χ4v) is 2.65. The van der Waals surface area contributed by atoms with Crippen molar-refractivity contribution in [3.8, 4) is 0 Å². The van der Waals surface area contributed by atoms with Crippen LogP contribution in [-0.4, -0.2) is 35.5 Å². The zero-order valence-corrected chi connectivity index (χ0v) is 8.57. The van der Waals surface area contributed by atoms with Crippen LogP contribution in [-0.2, 0) is 19.0 Å². The Balaban J connectivity index is 1.95. The summed E-state index contributed by atoms with van der Waals surface area (Å²) in [6, 6.07) is 0. The van der Waals surface area contributed by atoms with Gasteiger partial charge in [0.15, 0.2) is 23.8 Å². The maximum absolute atomic E-state index is 11.8. The van der Waals surface area contributed by atoms with E-state index in [-0.39, 0.29) is 23.6 Å². The molecule has 3 rings (SSSR count). The quantitative estimate of drug-likeness (QED) is 0.580. The molecular formula is C10H14O4. The van der Waals surface area contributed by atoms with E-state index < -0.39 is 11.9 Å². The van der Waals surface area contributed by atoms with Gasteiger partial charge in [-0.05, 0) is 20.3 Å². The van der Waals surface area contributed by atoms with Crippen molar-refractivity contribution in [3.05, 3.63) is 0 Å². The highest BCUT2D eigenvalue weighted by molar-refractivity contribution is 5.95. The van der Waals surface area contributed by atoms with Crippen LogP contribution in [0.25, 0.3) is 0 Å². The molecule has 2 heterocycles. The summed E-state index contributed by atoms with van der Waals surface area (Å²) >= 11 is 0. The van der Waals surface area contributed by atoms with Crippen LogP contribution >= 0.6 is 0 Å². The topological polar surface area (TPSA) is 48.1 Å². The molecule has 0 N–H and O–H groups in total. The van der Waals surface area contributed by atoms with Gasteiger partial charge in [0, 0.05) is 0 Å². The van der Waals surface area contributed by atoms with E-state index in [1.807, 2.05) is 20.8 Å². The largest absolute Gasteiger partial charge is 0.355 e. The van der Waals surface area contributed by atoms with Crippen molar-refractivity contribution in [1.82, 2.24) is 0 Å². The number of hydrogen-bond donors (Lipinski definition) is 0. The summed E-state index contributed by atoms with van der Waals surface area (Å²) in [7, 11) is 0. The van der Waals surface area contributed by atoms with Crippen molar-refractivity contribution < 1.29 is 19.0 Å². The van der Waals surface area contributed by atoms with Crippen molar-refractivity contribution >= 4 is 5.78 Å². The third-order valence-electron chi connectivity index (χ3n) is 3.39. The van der Waals surface area contributed by atoms with Gasteiger partial charge in [-0.3, -0.25) is 4.79 Å². The van der Waals surface area contributed by atoms with Crippen LogP contribution in [0.1, 0.15) is 27.2 Å². The van der Waals surface area contributed by atoms with E-state index in [0.29, 0.717) is 0 Å². The second kappa shape index (κ2) is 2.21. The maximum Gasteiger partial charge on any atom is 0.196 e. The van der Waals surface area contributed by atoms with Crippen molar-refractivity contribution in [1.29, 1.82) is 0 Å². The second-order valence-electron chi connectivity index (χ2n) is 4.69. The zero-order valence-electron chi connectivity index (χ0n) is 8.57. The molecule has 0 aromatic heterocycles. The van der Waals surface area contributed by atoms with Crippen LogP contribution in [0.15, 0.2) is 0 Å². The van der Waals surface area contributed by atoms with Gasteiger partial charge in [-0.15, -0.1) is 0 Å². The molecule has 2 unspecified atom stereocenters. The average Bonchev–Trinajstić information content (AvgIpc) is 2.71. The van der Waals surface area contributed by atoms with Crippen molar-refractivity contribution in [2.24, 2.45) is 0 Å². The van der Waals surface area contributed by atoms with E-state index in [1.165, 1.54) is 0 Å². The monoisotopic (exact) mass is 198 g/mol. The summed E-state index contributed by atoms with van der Waals surface area (Å²) < 4.78 is 16.7. The van der Waals surface area contributed by atoms with E-state index in [9.17, 15) is 4.79 Å². The summed E-state index contributed by atoms with van der Waals surface area (Å²) in [6.07, 6.45) is -0.0494. The number of ether oxygens (including phenoxy) is 3. The molecule has 0 radical (unpaired) electrons. The van der Waals surface area contributed by atoms with E-state index in [2.05, 4.69) is 0 Å². The fraction of sp³-hybridized carbons (Fsp3) is 0.900. The Morgan fingerprint density at radius 1 is 1.29 bits per heavy atom. The minimum atomic E-state index is -0.649. The first kappa shape index (κ1) is 8.83. The molecule has 2 aliphatic heterocycles. The lowest BCUT2D eigenvalue weighted by molar-refractivity contribution is -0.159. The predicted molar refractivity (Wildman–Crippen MR) is 46.7 cm³/mol. The summed E-state index contributed by atoms with van der Waals surface area (Å²) in [4.78, 5) is 11.8. The SMILES string of the molecule is CCC12OC1C(=O)[C@@H]1OC(C)(C)O[C@@H]12. The predicted octanol–water partition coefficient (Wildman–Crippen LogP) is 0.637. The first-order valence-electron chi connectivity index (χ1n) is 5.07. The van der Waals surface area contributed by atoms with Crippen LogP contribution in [0.2, 0.25) is 0 Å². The van der Waals surface area contributed by atoms with E-state index in [0.717, 1.165) is 6.42 Å². The summed E-state index contributed by atoms with van der Waals surface area (Å²) in [5.74, 6) is -0.591. The number of hydrogen-bond acceptors (Lipinski definition) is 4. The Labute approximate surface area is 82.5 Å². The first-order chi connectivity index (χ1) is 6.50. The number of carbonyl (C=O) groups is 1. The average molecular weight is 198 g/mol. The highest BCUT2D eigenvalue weighted by atomic mass is 16.8. The van der Waals surface area contributed by atoms with E-state index in [4.69, 9.17) is 14.2 Å². The normalized spacial score (nSPS) is 53.1. The van der Waals surface area contributed by atoms with Crippen LogP contribution in [0.4, 0.5) is 0 Å².